The highest BCUT2D eigenvalue weighted by molar-refractivity contribution is 6.07. The summed E-state index contributed by atoms with van der Waals surface area (Å²) in [4.78, 5) is 26.6. The van der Waals surface area contributed by atoms with Crippen LogP contribution in [0.2, 0.25) is 0 Å². The van der Waals surface area contributed by atoms with Crippen LogP contribution in [0.15, 0.2) is 54.6 Å². The molecule has 2 amide bonds. The van der Waals surface area contributed by atoms with Gasteiger partial charge in [-0.15, -0.1) is 0 Å². The number of carbonyl (C=O) groups is 2. The summed E-state index contributed by atoms with van der Waals surface area (Å²) in [6.45, 7) is 6.47. The fraction of sp³-hybridized carbons (Fsp3) is 0.333. The van der Waals surface area contributed by atoms with Crippen molar-refractivity contribution < 1.29 is 9.59 Å². The van der Waals surface area contributed by atoms with E-state index in [-0.39, 0.29) is 17.2 Å². The Balaban J connectivity index is 1.75. The second kappa shape index (κ2) is 6.71. The molecule has 25 heavy (non-hydrogen) atoms. The van der Waals surface area contributed by atoms with Crippen LogP contribution in [0.5, 0.6) is 0 Å². The molecule has 1 heterocycles. The summed E-state index contributed by atoms with van der Waals surface area (Å²) in [5, 5.41) is 2.95. The summed E-state index contributed by atoms with van der Waals surface area (Å²) in [5.74, 6) is -0.146. The third-order valence-electron chi connectivity index (χ3n) is 4.57. The Morgan fingerprint density at radius 1 is 1.04 bits per heavy atom. The summed E-state index contributed by atoms with van der Waals surface area (Å²) in [6.07, 6.45) is 0.940. The van der Waals surface area contributed by atoms with E-state index in [4.69, 9.17) is 0 Å². The van der Waals surface area contributed by atoms with Crippen LogP contribution in [0.25, 0.3) is 0 Å². The zero-order valence-corrected chi connectivity index (χ0v) is 15.0. The Morgan fingerprint density at radius 3 is 2.28 bits per heavy atom. The first-order valence-corrected chi connectivity index (χ1v) is 8.65. The molecule has 4 heteroatoms. The molecule has 0 bridgehead atoms. The molecule has 3 rings (SSSR count). The van der Waals surface area contributed by atoms with Crippen molar-refractivity contribution in [2.45, 2.75) is 45.1 Å². The van der Waals surface area contributed by atoms with Gasteiger partial charge in [0.2, 0.25) is 11.8 Å². The summed E-state index contributed by atoms with van der Waals surface area (Å²) in [6, 6.07) is 16.8. The molecule has 130 valence electrons. The highest BCUT2D eigenvalue weighted by atomic mass is 16.2. The lowest BCUT2D eigenvalue weighted by Gasteiger charge is -2.24. The van der Waals surface area contributed by atoms with Gasteiger partial charge in [-0.05, 0) is 41.7 Å². The minimum Gasteiger partial charge on any atom is -0.324 e. The van der Waals surface area contributed by atoms with Gasteiger partial charge in [0.1, 0.15) is 6.04 Å². The van der Waals surface area contributed by atoms with E-state index in [9.17, 15) is 9.59 Å². The van der Waals surface area contributed by atoms with Crippen LogP contribution in [-0.2, 0) is 15.0 Å². The Morgan fingerprint density at radius 2 is 1.68 bits per heavy atom. The van der Waals surface area contributed by atoms with Crippen molar-refractivity contribution in [3.63, 3.8) is 0 Å². The molecule has 1 fully saturated rings. The van der Waals surface area contributed by atoms with Crippen molar-refractivity contribution in [1.29, 1.82) is 0 Å². The lowest BCUT2D eigenvalue weighted by atomic mass is 9.87. The van der Waals surface area contributed by atoms with Gasteiger partial charge in [-0.2, -0.15) is 0 Å². The van der Waals surface area contributed by atoms with Crippen molar-refractivity contribution in [1.82, 2.24) is 0 Å². The van der Waals surface area contributed by atoms with Gasteiger partial charge < -0.3 is 5.32 Å². The number of benzene rings is 2. The van der Waals surface area contributed by atoms with Gasteiger partial charge in [0.05, 0.1) is 0 Å². The molecule has 0 spiro atoms. The molecule has 0 aromatic heterocycles. The molecule has 2 aromatic rings. The molecular weight excluding hydrogens is 312 g/mol. The maximum Gasteiger partial charge on any atom is 0.247 e. The Kier molecular flexibility index (Phi) is 4.62. The number of nitrogens with zero attached hydrogens (tertiary/aromatic N) is 1. The minimum absolute atomic E-state index is 0.00516. The molecular formula is C21H24N2O2. The first-order valence-electron chi connectivity index (χ1n) is 8.65. The van der Waals surface area contributed by atoms with Gasteiger partial charge in [-0.1, -0.05) is 51.1 Å². The predicted molar refractivity (Wildman–Crippen MR) is 101 cm³/mol. The topological polar surface area (TPSA) is 49.4 Å². The summed E-state index contributed by atoms with van der Waals surface area (Å²) >= 11 is 0. The monoisotopic (exact) mass is 336 g/mol. The SMILES string of the molecule is CC(C)(C)c1ccc(NC(=O)C2CCC(=O)N2c2ccccc2)cc1. The fourth-order valence-electron chi connectivity index (χ4n) is 3.12. The number of amides is 2. The molecule has 1 saturated heterocycles. The van der Waals surface area contributed by atoms with Gasteiger partial charge in [0.25, 0.3) is 0 Å². The quantitative estimate of drug-likeness (QED) is 0.916. The van der Waals surface area contributed by atoms with Crippen LogP contribution in [0.4, 0.5) is 11.4 Å². The molecule has 1 N–H and O–H groups in total. The summed E-state index contributed by atoms with van der Waals surface area (Å²) in [5.41, 5.74) is 2.82. The standard InChI is InChI=1S/C21H24N2O2/c1-21(2,3)15-9-11-16(12-10-15)22-20(25)18-13-14-19(24)23(18)17-7-5-4-6-8-17/h4-12,18H,13-14H2,1-3H3,(H,22,25). The number of hydrogen-bond acceptors (Lipinski definition) is 2. The third kappa shape index (κ3) is 3.73. The Bertz CT molecular complexity index is 761. The second-order valence-electron chi connectivity index (χ2n) is 7.47. The summed E-state index contributed by atoms with van der Waals surface area (Å²) in [7, 11) is 0. The number of anilines is 2. The molecule has 4 nitrogen and oxygen atoms in total. The third-order valence-corrected chi connectivity index (χ3v) is 4.57. The molecule has 1 unspecified atom stereocenters. The minimum atomic E-state index is -0.461. The highest BCUT2D eigenvalue weighted by Crippen LogP contribution is 2.28. The number of rotatable bonds is 3. The average Bonchev–Trinajstić information content (AvgIpc) is 2.97. The molecule has 1 aliphatic rings. The number of hydrogen-bond donors (Lipinski definition) is 1. The van der Waals surface area contributed by atoms with Gasteiger partial charge in [0, 0.05) is 17.8 Å². The van der Waals surface area contributed by atoms with E-state index in [2.05, 4.69) is 26.1 Å². The van der Waals surface area contributed by atoms with Crippen LogP contribution in [0.1, 0.15) is 39.2 Å². The van der Waals surface area contributed by atoms with E-state index in [1.165, 1.54) is 5.56 Å². The maximum absolute atomic E-state index is 12.7. The fourth-order valence-corrected chi connectivity index (χ4v) is 3.12. The smallest absolute Gasteiger partial charge is 0.247 e. The van der Waals surface area contributed by atoms with E-state index >= 15 is 0 Å². The van der Waals surface area contributed by atoms with Crippen LogP contribution < -0.4 is 10.2 Å². The largest absolute Gasteiger partial charge is 0.324 e. The van der Waals surface area contributed by atoms with E-state index in [0.717, 1.165) is 11.4 Å². The van der Waals surface area contributed by atoms with Crippen LogP contribution in [-0.4, -0.2) is 17.9 Å². The highest BCUT2D eigenvalue weighted by Gasteiger charge is 2.37. The van der Waals surface area contributed by atoms with E-state index in [1.807, 2.05) is 54.6 Å². The molecule has 0 aliphatic carbocycles. The molecule has 0 saturated carbocycles. The predicted octanol–water partition coefficient (Wildman–Crippen LogP) is 4.12. The van der Waals surface area contributed by atoms with E-state index < -0.39 is 6.04 Å². The average molecular weight is 336 g/mol. The first kappa shape index (κ1) is 17.2. The zero-order valence-electron chi connectivity index (χ0n) is 15.0. The molecule has 1 aliphatic heterocycles. The second-order valence-corrected chi connectivity index (χ2v) is 7.47. The zero-order chi connectivity index (χ0) is 18.0. The molecule has 0 radical (unpaired) electrons. The lowest BCUT2D eigenvalue weighted by molar-refractivity contribution is -0.120. The van der Waals surface area contributed by atoms with Crippen molar-refractivity contribution in [2.24, 2.45) is 0 Å². The molecule has 1 atom stereocenters. The number of carbonyl (C=O) groups excluding carboxylic acids is 2. The Labute approximate surface area is 148 Å². The van der Waals surface area contributed by atoms with E-state index in [1.54, 1.807) is 4.90 Å². The first-order chi connectivity index (χ1) is 11.9. The van der Waals surface area contributed by atoms with Gasteiger partial charge in [-0.25, -0.2) is 0 Å². The van der Waals surface area contributed by atoms with Crippen LogP contribution >= 0.6 is 0 Å². The van der Waals surface area contributed by atoms with Crippen molar-refractivity contribution in [2.75, 3.05) is 10.2 Å². The van der Waals surface area contributed by atoms with Crippen LogP contribution in [0, 0.1) is 0 Å². The van der Waals surface area contributed by atoms with Gasteiger partial charge in [-0.3, -0.25) is 14.5 Å². The number of nitrogens with one attached hydrogen (secondary N) is 1. The van der Waals surface area contributed by atoms with Gasteiger partial charge in [0.15, 0.2) is 0 Å². The van der Waals surface area contributed by atoms with Crippen molar-refractivity contribution in [3.05, 3.63) is 60.2 Å². The Hall–Kier alpha value is -2.62. The van der Waals surface area contributed by atoms with Crippen molar-refractivity contribution >= 4 is 23.2 Å². The van der Waals surface area contributed by atoms with Crippen molar-refractivity contribution in [3.8, 4) is 0 Å². The van der Waals surface area contributed by atoms with Crippen LogP contribution in [0.3, 0.4) is 0 Å². The maximum atomic E-state index is 12.7. The van der Waals surface area contributed by atoms with E-state index in [0.29, 0.717) is 12.8 Å². The number of para-hydroxylation sites is 1. The van der Waals surface area contributed by atoms with Gasteiger partial charge >= 0.3 is 0 Å². The normalized spacial score (nSPS) is 17.6. The summed E-state index contributed by atoms with van der Waals surface area (Å²) < 4.78 is 0. The lowest BCUT2D eigenvalue weighted by Crippen LogP contribution is -2.41. The molecule has 2 aromatic carbocycles.